The summed E-state index contributed by atoms with van der Waals surface area (Å²) in [7, 11) is 0. The number of aromatic nitrogens is 2. The summed E-state index contributed by atoms with van der Waals surface area (Å²) in [4.78, 5) is 8.93. The van der Waals surface area contributed by atoms with Crippen LogP contribution in [0.5, 0.6) is 0 Å². The van der Waals surface area contributed by atoms with E-state index in [9.17, 15) is 0 Å². The van der Waals surface area contributed by atoms with Crippen molar-refractivity contribution in [1.29, 1.82) is 0 Å². The molecule has 1 aromatic rings. The van der Waals surface area contributed by atoms with Crippen LogP contribution >= 0.6 is 11.8 Å². The van der Waals surface area contributed by atoms with Crippen molar-refractivity contribution in [3.8, 4) is 0 Å². The first-order valence-electron chi connectivity index (χ1n) is 5.80. The van der Waals surface area contributed by atoms with Gasteiger partial charge in [-0.05, 0) is 5.92 Å². The zero-order chi connectivity index (χ0) is 13.1. The standard InChI is InChI=1S/C12H22N4S/c1-8(2)9-6-10(16-13)15-11(14-9)7-17-12(3,4)5/h6,8H,7,13H2,1-5H3,(H,14,15,16). The van der Waals surface area contributed by atoms with Gasteiger partial charge in [-0.25, -0.2) is 15.8 Å². The fourth-order valence-electron chi connectivity index (χ4n) is 1.23. The lowest BCUT2D eigenvalue weighted by Gasteiger charge is -2.17. The summed E-state index contributed by atoms with van der Waals surface area (Å²) in [6, 6.07) is 1.90. The Morgan fingerprint density at radius 2 is 2.00 bits per heavy atom. The van der Waals surface area contributed by atoms with Crippen molar-refractivity contribution in [2.75, 3.05) is 5.43 Å². The number of anilines is 1. The first-order valence-corrected chi connectivity index (χ1v) is 6.79. The molecule has 0 aliphatic rings. The third-order valence-corrected chi connectivity index (χ3v) is 3.43. The number of nitrogens with zero attached hydrogens (tertiary/aromatic N) is 2. The number of hydrogen-bond donors (Lipinski definition) is 2. The van der Waals surface area contributed by atoms with Gasteiger partial charge in [0.25, 0.3) is 0 Å². The van der Waals surface area contributed by atoms with Crippen LogP contribution in [0.1, 0.15) is 52.1 Å². The summed E-state index contributed by atoms with van der Waals surface area (Å²) in [6.45, 7) is 10.8. The van der Waals surface area contributed by atoms with Gasteiger partial charge in [0.05, 0.1) is 5.75 Å². The van der Waals surface area contributed by atoms with Crippen LogP contribution in [0.15, 0.2) is 6.07 Å². The Bertz CT molecular complexity index is 371. The summed E-state index contributed by atoms with van der Waals surface area (Å²) in [5, 5.41) is 0. The number of hydrogen-bond acceptors (Lipinski definition) is 5. The van der Waals surface area contributed by atoms with Crippen LogP contribution in [0.4, 0.5) is 5.82 Å². The molecule has 1 heterocycles. The zero-order valence-electron chi connectivity index (χ0n) is 11.2. The van der Waals surface area contributed by atoms with Gasteiger partial charge in [0.1, 0.15) is 11.6 Å². The van der Waals surface area contributed by atoms with Crippen LogP contribution in [0.25, 0.3) is 0 Å². The van der Waals surface area contributed by atoms with E-state index in [4.69, 9.17) is 5.84 Å². The van der Waals surface area contributed by atoms with E-state index in [0.717, 1.165) is 17.3 Å². The number of hydrazine groups is 1. The highest BCUT2D eigenvalue weighted by atomic mass is 32.2. The Morgan fingerprint density at radius 3 is 2.47 bits per heavy atom. The Morgan fingerprint density at radius 1 is 1.35 bits per heavy atom. The van der Waals surface area contributed by atoms with Crippen molar-refractivity contribution in [3.05, 3.63) is 17.6 Å². The lowest BCUT2D eigenvalue weighted by atomic mass is 10.1. The minimum absolute atomic E-state index is 0.216. The van der Waals surface area contributed by atoms with Gasteiger partial charge in [0, 0.05) is 16.5 Å². The molecule has 96 valence electrons. The molecule has 4 nitrogen and oxygen atoms in total. The molecule has 5 heteroatoms. The molecule has 3 N–H and O–H groups in total. The van der Waals surface area contributed by atoms with Crippen molar-refractivity contribution in [1.82, 2.24) is 9.97 Å². The third kappa shape index (κ3) is 4.91. The Balaban J connectivity index is 2.87. The molecule has 0 aliphatic carbocycles. The van der Waals surface area contributed by atoms with E-state index in [1.807, 2.05) is 17.8 Å². The van der Waals surface area contributed by atoms with Crippen molar-refractivity contribution in [2.24, 2.45) is 5.84 Å². The number of nitrogens with two attached hydrogens (primary N) is 1. The predicted molar refractivity (Wildman–Crippen MR) is 75.0 cm³/mol. The number of thioether (sulfide) groups is 1. The maximum Gasteiger partial charge on any atom is 0.143 e. The molecule has 0 saturated carbocycles. The average Bonchev–Trinajstić information content (AvgIpc) is 2.25. The molecule has 0 atom stereocenters. The molecule has 0 unspecified atom stereocenters. The molecule has 0 spiro atoms. The SMILES string of the molecule is CC(C)c1cc(NN)nc(CSC(C)(C)C)n1. The Hall–Kier alpha value is -0.810. The molecule has 0 aliphatic heterocycles. The van der Waals surface area contributed by atoms with Crippen LogP contribution in [0, 0.1) is 0 Å². The molecule has 1 aromatic heterocycles. The fourth-order valence-corrected chi connectivity index (χ4v) is 1.92. The molecular weight excluding hydrogens is 232 g/mol. The zero-order valence-corrected chi connectivity index (χ0v) is 12.1. The number of rotatable bonds is 4. The summed E-state index contributed by atoms with van der Waals surface area (Å²) in [6.07, 6.45) is 0. The van der Waals surface area contributed by atoms with E-state index in [-0.39, 0.29) is 4.75 Å². The number of nitrogen functional groups attached to an aromatic ring is 1. The highest BCUT2D eigenvalue weighted by Crippen LogP contribution is 2.27. The largest absolute Gasteiger partial charge is 0.308 e. The van der Waals surface area contributed by atoms with Gasteiger partial charge in [0.2, 0.25) is 0 Å². The molecule has 0 bridgehead atoms. The second kappa shape index (κ2) is 5.69. The lowest BCUT2D eigenvalue weighted by Crippen LogP contribution is -2.13. The third-order valence-electron chi connectivity index (χ3n) is 2.17. The van der Waals surface area contributed by atoms with Gasteiger partial charge in [-0.3, -0.25) is 0 Å². The maximum atomic E-state index is 5.42. The van der Waals surface area contributed by atoms with Gasteiger partial charge in [-0.15, -0.1) is 11.8 Å². The van der Waals surface area contributed by atoms with E-state index >= 15 is 0 Å². The van der Waals surface area contributed by atoms with Crippen molar-refractivity contribution >= 4 is 17.6 Å². The van der Waals surface area contributed by atoms with E-state index in [0.29, 0.717) is 11.7 Å². The Kier molecular flexibility index (Phi) is 4.77. The molecule has 1 rings (SSSR count). The molecule has 0 radical (unpaired) electrons. The topological polar surface area (TPSA) is 63.8 Å². The van der Waals surface area contributed by atoms with Crippen molar-refractivity contribution < 1.29 is 0 Å². The molecule has 0 aromatic carbocycles. The maximum absolute atomic E-state index is 5.42. The first kappa shape index (κ1) is 14.3. The van der Waals surface area contributed by atoms with Crippen molar-refractivity contribution in [2.45, 2.75) is 51.0 Å². The summed E-state index contributed by atoms with van der Waals surface area (Å²) in [5.41, 5.74) is 3.62. The van der Waals surface area contributed by atoms with Gasteiger partial charge >= 0.3 is 0 Å². The monoisotopic (exact) mass is 254 g/mol. The van der Waals surface area contributed by atoms with E-state index < -0.39 is 0 Å². The summed E-state index contributed by atoms with van der Waals surface area (Å²) >= 11 is 1.83. The van der Waals surface area contributed by atoms with Gasteiger partial charge in [0.15, 0.2) is 0 Å². The predicted octanol–water partition coefficient (Wildman–Crippen LogP) is 2.92. The minimum atomic E-state index is 0.216. The quantitative estimate of drug-likeness (QED) is 0.639. The first-order chi connectivity index (χ1) is 7.81. The second-order valence-electron chi connectivity index (χ2n) is 5.29. The van der Waals surface area contributed by atoms with Crippen LogP contribution in [0.2, 0.25) is 0 Å². The lowest BCUT2D eigenvalue weighted by molar-refractivity contribution is 0.787. The molecule has 17 heavy (non-hydrogen) atoms. The number of nitrogens with one attached hydrogen (secondary N) is 1. The van der Waals surface area contributed by atoms with E-state index in [1.165, 1.54) is 0 Å². The summed E-state index contributed by atoms with van der Waals surface area (Å²) in [5.74, 6) is 8.13. The van der Waals surface area contributed by atoms with Crippen LogP contribution in [0.3, 0.4) is 0 Å². The molecule has 0 fully saturated rings. The van der Waals surface area contributed by atoms with Crippen LogP contribution in [-0.4, -0.2) is 14.7 Å². The highest BCUT2D eigenvalue weighted by molar-refractivity contribution is 7.99. The molecule has 0 amide bonds. The average molecular weight is 254 g/mol. The Labute approximate surface area is 108 Å². The van der Waals surface area contributed by atoms with Crippen LogP contribution in [-0.2, 0) is 5.75 Å². The van der Waals surface area contributed by atoms with Crippen molar-refractivity contribution in [3.63, 3.8) is 0 Å². The second-order valence-corrected chi connectivity index (χ2v) is 7.10. The highest BCUT2D eigenvalue weighted by Gasteiger charge is 2.13. The van der Waals surface area contributed by atoms with Gasteiger partial charge < -0.3 is 5.43 Å². The van der Waals surface area contributed by atoms with E-state index in [1.54, 1.807) is 0 Å². The minimum Gasteiger partial charge on any atom is -0.308 e. The van der Waals surface area contributed by atoms with Crippen LogP contribution < -0.4 is 11.3 Å². The van der Waals surface area contributed by atoms with Gasteiger partial charge in [-0.2, -0.15) is 0 Å². The molecule has 0 saturated heterocycles. The summed E-state index contributed by atoms with van der Waals surface area (Å²) < 4.78 is 0.216. The fraction of sp³-hybridized carbons (Fsp3) is 0.667. The molecular formula is C12H22N4S. The smallest absolute Gasteiger partial charge is 0.143 e. The normalized spacial score (nSPS) is 11.9. The van der Waals surface area contributed by atoms with E-state index in [2.05, 4.69) is 50.0 Å². The van der Waals surface area contributed by atoms with Gasteiger partial charge in [-0.1, -0.05) is 34.6 Å².